The third-order valence-electron chi connectivity index (χ3n) is 2.18. The number of nitrogens with two attached hydrogens (primary N) is 1. The van der Waals surface area contributed by atoms with E-state index >= 15 is 0 Å². The molecule has 0 aliphatic rings. The number of pyridine rings is 1. The van der Waals surface area contributed by atoms with E-state index in [-0.39, 0.29) is 11.3 Å². The Kier molecular flexibility index (Phi) is 4.26. The van der Waals surface area contributed by atoms with Crippen LogP contribution in [0.15, 0.2) is 40.4 Å². The van der Waals surface area contributed by atoms with Gasteiger partial charge in [0.15, 0.2) is 5.16 Å². The van der Waals surface area contributed by atoms with Crippen molar-refractivity contribution in [1.29, 1.82) is 0 Å². The first-order valence-corrected chi connectivity index (χ1v) is 6.32. The monoisotopic (exact) mass is 277 g/mol. The van der Waals surface area contributed by atoms with Gasteiger partial charge >= 0.3 is 0 Å². The van der Waals surface area contributed by atoms with Crippen LogP contribution in [0.5, 0.6) is 0 Å². The SMILES string of the molecule is NNC(=O)c1cccc(CSc2nccc(=O)[nH]2)n1. The lowest BCUT2D eigenvalue weighted by molar-refractivity contribution is 0.0948. The average molecular weight is 277 g/mol. The number of hydrogen-bond donors (Lipinski definition) is 3. The predicted molar refractivity (Wildman–Crippen MR) is 70.3 cm³/mol. The van der Waals surface area contributed by atoms with Gasteiger partial charge in [0.2, 0.25) is 0 Å². The first-order chi connectivity index (χ1) is 9.19. The van der Waals surface area contributed by atoms with Crippen LogP contribution >= 0.6 is 11.8 Å². The molecular weight excluding hydrogens is 266 g/mol. The van der Waals surface area contributed by atoms with Crippen LogP contribution in [0.25, 0.3) is 0 Å². The van der Waals surface area contributed by atoms with E-state index in [4.69, 9.17) is 5.84 Å². The summed E-state index contributed by atoms with van der Waals surface area (Å²) in [5, 5.41) is 0.503. The first-order valence-electron chi connectivity index (χ1n) is 5.34. The van der Waals surface area contributed by atoms with Crippen LogP contribution in [0.4, 0.5) is 0 Å². The number of carbonyl (C=O) groups is 1. The zero-order chi connectivity index (χ0) is 13.7. The first kappa shape index (κ1) is 13.2. The highest BCUT2D eigenvalue weighted by molar-refractivity contribution is 7.98. The van der Waals surface area contributed by atoms with Gasteiger partial charge in [-0.1, -0.05) is 17.8 Å². The molecule has 1 amide bonds. The van der Waals surface area contributed by atoms with E-state index in [0.29, 0.717) is 16.6 Å². The Morgan fingerprint density at radius 2 is 2.26 bits per heavy atom. The van der Waals surface area contributed by atoms with Gasteiger partial charge in [0, 0.05) is 18.0 Å². The lowest BCUT2D eigenvalue weighted by atomic mass is 10.3. The number of carbonyl (C=O) groups excluding carboxylic acids is 1. The van der Waals surface area contributed by atoms with Gasteiger partial charge in [-0.25, -0.2) is 15.8 Å². The van der Waals surface area contributed by atoms with Crippen LogP contribution < -0.4 is 16.8 Å². The van der Waals surface area contributed by atoms with Crippen molar-refractivity contribution < 1.29 is 4.79 Å². The molecule has 0 saturated heterocycles. The second-order valence-corrected chi connectivity index (χ2v) is 4.48. The molecular formula is C11H11N5O2S. The maximum atomic E-state index is 11.3. The normalized spacial score (nSPS) is 10.2. The largest absolute Gasteiger partial charge is 0.301 e. The summed E-state index contributed by atoms with van der Waals surface area (Å²) in [5.74, 6) is 5.08. The molecule has 2 rings (SSSR count). The summed E-state index contributed by atoms with van der Waals surface area (Å²) < 4.78 is 0. The minimum atomic E-state index is -0.446. The Morgan fingerprint density at radius 3 is 3.00 bits per heavy atom. The molecule has 0 aliphatic carbocycles. The number of aromatic nitrogens is 3. The fourth-order valence-electron chi connectivity index (χ4n) is 1.33. The topological polar surface area (TPSA) is 114 Å². The number of H-pyrrole nitrogens is 1. The van der Waals surface area contributed by atoms with Crippen LogP contribution in [0.3, 0.4) is 0 Å². The number of amides is 1. The molecule has 2 aromatic rings. The Balaban J connectivity index is 2.07. The van der Waals surface area contributed by atoms with Crippen molar-refractivity contribution >= 4 is 17.7 Å². The standard InChI is InChI=1S/C11H11N5O2S/c12-16-10(18)8-3-1-2-7(14-8)6-19-11-13-5-4-9(17)15-11/h1-5H,6,12H2,(H,16,18)(H,13,15,17). The van der Waals surface area contributed by atoms with E-state index in [1.165, 1.54) is 24.0 Å². The van der Waals surface area contributed by atoms with Gasteiger partial charge < -0.3 is 4.98 Å². The van der Waals surface area contributed by atoms with Crippen molar-refractivity contribution in [1.82, 2.24) is 20.4 Å². The van der Waals surface area contributed by atoms with Crippen molar-refractivity contribution in [2.75, 3.05) is 0 Å². The van der Waals surface area contributed by atoms with Gasteiger partial charge in [0.05, 0.1) is 5.69 Å². The third-order valence-corrected chi connectivity index (χ3v) is 3.10. The highest BCUT2D eigenvalue weighted by Gasteiger charge is 2.06. The van der Waals surface area contributed by atoms with Crippen molar-refractivity contribution in [3.8, 4) is 0 Å². The zero-order valence-electron chi connectivity index (χ0n) is 9.79. The summed E-state index contributed by atoms with van der Waals surface area (Å²) in [6, 6.07) is 6.41. The smallest absolute Gasteiger partial charge is 0.283 e. The number of hydrogen-bond acceptors (Lipinski definition) is 6. The van der Waals surface area contributed by atoms with Crippen LogP contribution in [0.2, 0.25) is 0 Å². The van der Waals surface area contributed by atoms with E-state index < -0.39 is 5.91 Å². The van der Waals surface area contributed by atoms with E-state index in [9.17, 15) is 9.59 Å². The molecule has 0 saturated carbocycles. The average Bonchev–Trinajstić information content (AvgIpc) is 2.45. The molecule has 8 heteroatoms. The third kappa shape index (κ3) is 3.63. The van der Waals surface area contributed by atoms with Crippen molar-refractivity contribution in [3.63, 3.8) is 0 Å². The molecule has 0 aromatic carbocycles. The van der Waals surface area contributed by atoms with Crippen LogP contribution in [0.1, 0.15) is 16.2 Å². The Labute approximate surface area is 112 Å². The van der Waals surface area contributed by atoms with Crippen LogP contribution in [0, 0.1) is 0 Å². The van der Waals surface area contributed by atoms with E-state index in [2.05, 4.69) is 15.0 Å². The number of hydrazine groups is 1. The molecule has 7 nitrogen and oxygen atoms in total. The van der Waals surface area contributed by atoms with E-state index in [1.54, 1.807) is 18.2 Å². The maximum absolute atomic E-state index is 11.3. The molecule has 2 aromatic heterocycles. The molecule has 0 bridgehead atoms. The molecule has 0 atom stereocenters. The molecule has 98 valence electrons. The lowest BCUT2D eigenvalue weighted by Crippen LogP contribution is -2.30. The summed E-state index contributed by atoms with van der Waals surface area (Å²) in [4.78, 5) is 33.2. The minimum Gasteiger partial charge on any atom is -0.301 e. The molecule has 0 aliphatic heterocycles. The predicted octanol–water partition coefficient (Wildman–Crippen LogP) is 0.0607. The number of rotatable bonds is 4. The molecule has 19 heavy (non-hydrogen) atoms. The summed E-state index contributed by atoms with van der Waals surface area (Å²) in [7, 11) is 0. The lowest BCUT2D eigenvalue weighted by Gasteiger charge is -2.03. The Hall–Kier alpha value is -2.19. The van der Waals surface area contributed by atoms with E-state index in [1.807, 2.05) is 5.43 Å². The number of thioether (sulfide) groups is 1. The second-order valence-electron chi connectivity index (χ2n) is 3.52. The molecule has 0 radical (unpaired) electrons. The number of nitrogen functional groups attached to an aromatic ring is 1. The van der Waals surface area contributed by atoms with Crippen molar-refractivity contribution in [2.45, 2.75) is 10.9 Å². The highest BCUT2D eigenvalue weighted by atomic mass is 32.2. The Morgan fingerprint density at radius 1 is 1.42 bits per heavy atom. The molecule has 2 heterocycles. The molecule has 0 spiro atoms. The summed E-state index contributed by atoms with van der Waals surface area (Å²) in [6.45, 7) is 0. The molecule has 0 fully saturated rings. The fourth-order valence-corrected chi connectivity index (χ4v) is 2.08. The molecule has 4 N–H and O–H groups in total. The van der Waals surface area contributed by atoms with Gasteiger partial charge in [-0.3, -0.25) is 15.0 Å². The van der Waals surface area contributed by atoms with E-state index in [0.717, 1.165) is 0 Å². The zero-order valence-corrected chi connectivity index (χ0v) is 10.6. The summed E-state index contributed by atoms with van der Waals surface area (Å²) in [5.41, 5.74) is 2.75. The van der Waals surface area contributed by atoms with Gasteiger partial charge in [0.25, 0.3) is 11.5 Å². The highest BCUT2D eigenvalue weighted by Crippen LogP contribution is 2.16. The van der Waals surface area contributed by atoms with Crippen LogP contribution in [-0.4, -0.2) is 20.9 Å². The van der Waals surface area contributed by atoms with Crippen LogP contribution in [-0.2, 0) is 5.75 Å². The summed E-state index contributed by atoms with van der Waals surface area (Å²) >= 11 is 1.32. The van der Waals surface area contributed by atoms with Gasteiger partial charge in [-0.05, 0) is 12.1 Å². The Bertz CT molecular complexity index is 643. The minimum absolute atomic E-state index is 0.207. The molecule has 0 unspecified atom stereocenters. The van der Waals surface area contributed by atoms with Crippen molar-refractivity contribution in [2.24, 2.45) is 5.84 Å². The maximum Gasteiger partial charge on any atom is 0.283 e. The van der Waals surface area contributed by atoms with Gasteiger partial charge in [-0.15, -0.1) is 0 Å². The van der Waals surface area contributed by atoms with Gasteiger partial charge in [0.1, 0.15) is 5.69 Å². The quantitative estimate of drug-likeness (QED) is 0.239. The number of aromatic amines is 1. The number of nitrogens with one attached hydrogen (secondary N) is 2. The van der Waals surface area contributed by atoms with Gasteiger partial charge in [-0.2, -0.15) is 0 Å². The fraction of sp³-hybridized carbons (Fsp3) is 0.0909. The summed E-state index contributed by atoms with van der Waals surface area (Å²) in [6.07, 6.45) is 1.44. The van der Waals surface area contributed by atoms with Crippen molar-refractivity contribution in [3.05, 3.63) is 52.2 Å². The number of nitrogens with zero attached hydrogens (tertiary/aromatic N) is 2. The second kappa shape index (κ2) is 6.12.